The van der Waals surface area contributed by atoms with Gasteiger partial charge in [0.25, 0.3) is 0 Å². The van der Waals surface area contributed by atoms with E-state index < -0.39 is 0 Å². The summed E-state index contributed by atoms with van der Waals surface area (Å²) < 4.78 is 6.01. The van der Waals surface area contributed by atoms with E-state index in [-0.39, 0.29) is 0 Å². The highest BCUT2D eigenvalue weighted by atomic mass is 16.5. The monoisotopic (exact) mass is 272 g/mol. The Balaban J connectivity index is 1.42. The highest BCUT2D eigenvalue weighted by Crippen LogP contribution is 2.56. The Morgan fingerprint density at radius 2 is 1.75 bits per heavy atom. The highest BCUT2D eigenvalue weighted by Gasteiger charge is 2.48. The first-order valence-corrected chi connectivity index (χ1v) is 8.10. The molecule has 2 N–H and O–H groups in total. The van der Waals surface area contributed by atoms with E-state index in [0.29, 0.717) is 6.54 Å². The van der Waals surface area contributed by atoms with Gasteiger partial charge in [0, 0.05) is 12.6 Å². The molecule has 0 aliphatic heterocycles. The molecule has 0 unspecified atom stereocenters. The van der Waals surface area contributed by atoms with E-state index in [9.17, 15) is 0 Å². The number of hydrogen-bond donors (Lipinski definition) is 1. The second-order valence-corrected chi connectivity index (χ2v) is 7.08. The van der Waals surface area contributed by atoms with Crippen LogP contribution in [0.5, 0.6) is 5.88 Å². The lowest BCUT2D eigenvalue weighted by atomic mass is 9.52. The molecule has 4 aliphatic carbocycles. The lowest BCUT2D eigenvalue weighted by molar-refractivity contribution is -0.0534. The van der Waals surface area contributed by atoms with Crippen LogP contribution in [0, 0.1) is 29.6 Å². The van der Waals surface area contributed by atoms with Crippen LogP contribution in [0.4, 0.5) is 0 Å². The molecule has 0 amide bonds. The van der Waals surface area contributed by atoms with Crippen LogP contribution in [-0.2, 0) is 6.54 Å². The molecule has 0 radical (unpaired) electrons. The van der Waals surface area contributed by atoms with Gasteiger partial charge in [0.05, 0.1) is 12.3 Å². The van der Waals surface area contributed by atoms with Gasteiger partial charge in [0.15, 0.2) is 0 Å². The first-order valence-electron chi connectivity index (χ1n) is 8.10. The molecular formula is C17H24N2O. The molecule has 0 saturated heterocycles. The first-order chi connectivity index (χ1) is 9.81. The summed E-state index contributed by atoms with van der Waals surface area (Å²) >= 11 is 0. The molecule has 4 saturated carbocycles. The Morgan fingerprint density at radius 3 is 2.40 bits per heavy atom. The predicted molar refractivity (Wildman–Crippen MR) is 78.2 cm³/mol. The summed E-state index contributed by atoms with van der Waals surface area (Å²) in [6.07, 6.45) is 7.34. The van der Waals surface area contributed by atoms with E-state index in [2.05, 4.69) is 4.98 Å². The van der Waals surface area contributed by atoms with E-state index in [0.717, 1.165) is 47.8 Å². The lowest BCUT2D eigenvalue weighted by Gasteiger charge is -2.54. The molecule has 3 nitrogen and oxygen atoms in total. The Hall–Kier alpha value is -1.09. The Morgan fingerprint density at radius 1 is 1.05 bits per heavy atom. The van der Waals surface area contributed by atoms with E-state index >= 15 is 0 Å². The fourth-order valence-electron chi connectivity index (χ4n) is 5.14. The van der Waals surface area contributed by atoms with Gasteiger partial charge in [-0.15, -0.1) is 0 Å². The summed E-state index contributed by atoms with van der Waals surface area (Å²) in [5, 5.41) is 0. The SMILES string of the molecule is NCc1cccc(OCC2C3CC4CC(C3)CC2C4)n1. The largest absolute Gasteiger partial charge is 0.477 e. The number of hydrogen-bond acceptors (Lipinski definition) is 3. The summed E-state index contributed by atoms with van der Waals surface area (Å²) in [5.74, 6) is 5.43. The molecule has 3 heteroatoms. The topological polar surface area (TPSA) is 48.1 Å². The average molecular weight is 272 g/mol. The standard InChI is InChI=1S/C17H24N2O/c18-9-15-2-1-3-17(19-15)20-10-16-13-5-11-4-12(7-13)8-14(16)6-11/h1-3,11-14,16H,4-10,18H2. The summed E-state index contributed by atoms with van der Waals surface area (Å²) in [6, 6.07) is 5.90. The lowest BCUT2D eigenvalue weighted by Crippen LogP contribution is -2.47. The number of pyridine rings is 1. The van der Waals surface area contributed by atoms with Crippen LogP contribution in [-0.4, -0.2) is 11.6 Å². The third-order valence-electron chi connectivity index (χ3n) is 5.84. The third-order valence-corrected chi connectivity index (χ3v) is 5.84. The van der Waals surface area contributed by atoms with Crippen molar-refractivity contribution >= 4 is 0 Å². The van der Waals surface area contributed by atoms with Crippen LogP contribution < -0.4 is 10.5 Å². The van der Waals surface area contributed by atoms with Crippen molar-refractivity contribution in [2.45, 2.75) is 38.6 Å². The van der Waals surface area contributed by atoms with Crippen molar-refractivity contribution in [3.8, 4) is 5.88 Å². The predicted octanol–water partition coefficient (Wildman–Crippen LogP) is 2.99. The van der Waals surface area contributed by atoms with Crippen LogP contribution >= 0.6 is 0 Å². The van der Waals surface area contributed by atoms with Crippen molar-refractivity contribution in [1.82, 2.24) is 4.98 Å². The molecule has 0 atom stereocenters. The zero-order valence-electron chi connectivity index (χ0n) is 12.0. The molecule has 0 spiro atoms. The van der Waals surface area contributed by atoms with Crippen molar-refractivity contribution < 1.29 is 4.74 Å². The quantitative estimate of drug-likeness (QED) is 0.916. The molecule has 4 bridgehead atoms. The van der Waals surface area contributed by atoms with Crippen molar-refractivity contribution in [2.75, 3.05) is 6.61 Å². The van der Waals surface area contributed by atoms with Crippen LogP contribution in [0.1, 0.15) is 37.8 Å². The zero-order valence-corrected chi connectivity index (χ0v) is 12.0. The van der Waals surface area contributed by atoms with E-state index in [1.807, 2.05) is 18.2 Å². The maximum absolute atomic E-state index is 6.01. The number of rotatable bonds is 4. The number of ether oxygens (including phenoxy) is 1. The van der Waals surface area contributed by atoms with Crippen molar-refractivity contribution in [3.63, 3.8) is 0 Å². The Labute approximate surface area is 120 Å². The summed E-state index contributed by atoms with van der Waals surface area (Å²) in [7, 11) is 0. The van der Waals surface area contributed by atoms with Crippen LogP contribution in [0.3, 0.4) is 0 Å². The van der Waals surface area contributed by atoms with Crippen molar-refractivity contribution in [2.24, 2.45) is 35.3 Å². The fourth-order valence-corrected chi connectivity index (χ4v) is 5.14. The molecule has 1 heterocycles. The summed E-state index contributed by atoms with van der Waals surface area (Å²) in [4.78, 5) is 4.45. The molecule has 0 aromatic carbocycles. The molecule has 1 aromatic rings. The average Bonchev–Trinajstić information content (AvgIpc) is 2.46. The molecule has 4 fully saturated rings. The minimum absolute atomic E-state index is 0.481. The second kappa shape index (κ2) is 5.03. The van der Waals surface area contributed by atoms with Crippen LogP contribution in [0.2, 0.25) is 0 Å². The van der Waals surface area contributed by atoms with Gasteiger partial charge in [-0.2, -0.15) is 0 Å². The molecule has 20 heavy (non-hydrogen) atoms. The molecular weight excluding hydrogens is 248 g/mol. The van der Waals surface area contributed by atoms with Crippen LogP contribution in [0.25, 0.3) is 0 Å². The van der Waals surface area contributed by atoms with Gasteiger partial charge in [-0.1, -0.05) is 6.07 Å². The first kappa shape index (κ1) is 12.6. The minimum Gasteiger partial charge on any atom is -0.477 e. The molecule has 1 aromatic heterocycles. The van der Waals surface area contributed by atoms with Crippen LogP contribution in [0.15, 0.2) is 18.2 Å². The van der Waals surface area contributed by atoms with Crippen molar-refractivity contribution in [1.29, 1.82) is 0 Å². The number of nitrogens with zero attached hydrogens (tertiary/aromatic N) is 1. The normalized spacial score (nSPS) is 38.1. The third kappa shape index (κ3) is 2.22. The molecule has 5 rings (SSSR count). The van der Waals surface area contributed by atoms with Gasteiger partial charge in [-0.3, -0.25) is 0 Å². The molecule has 4 aliphatic rings. The summed E-state index contributed by atoms with van der Waals surface area (Å²) in [6.45, 7) is 1.34. The summed E-state index contributed by atoms with van der Waals surface area (Å²) in [5.41, 5.74) is 6.54. The molecule has 108 valence electrons. The van der Waals surface area contributed by atoms with Crippen molar-refractivity contribution in [3.05, 3.63) is 23.9 Å². The van der Waals surface area contributed by atoms with Gasteiger partial charge in [0.1, 0.15) is 0 Å². The van der Waals surface area contributed by atoms with Gasteiger partial charge in [-0.05, 0) is 67.8 Å². The van der Waals surface area contributed by atoms with E-state index in [1.54, 1.807) is 0 Å². The zero-order chi connectivity index (χ0) is 13.5. The Kier molecular flexibility index (Phi) is 3.18. The maximum Gasteiger partial charge on any atom is 0.213 e. The second-order valence-electron chi connectivity index (χ2n) is 7.08. The number of nitrogens with two attached hydrogens (primary N) is 1. The number of aromatic nitrogens is 1. The maximum atomic E-state index is 6.01. The smallest absolute Gasteiger partial charge is 0.213 e. The van der Waals surface area contributed by atoms with Gasteiger partial charge in [0.2, 0.25) is 5.88 Å². The highest BCUT2D eigenvalue weighted by molar-refractivity contribution is 5.15. The Bertz CT molecular complexity index is 460. The van der Waals surface area contributed by atoms with E-state index in [1.165, 1.54) is 32.1 Å². The minimum atomic E-state index is 0.481. The van der Waals surface area contributed by atoms with Gasteiger partial charge in [-0.25, -0.2) is 4.98 Å². The van der Waals surface area contributed by atoms with Gasteiger partial charge >= 0.3 is 0 Å². The fraction of sp³-hybridized carbons (Fsp3) is 0.706. The van der Waals surface area contributed by atoms with E-state index in [4.69, 9.17) is 10.5 Å². The van der Waals surface area contributed by atoms with Gasteiger partial charge < -0.3 is 10.5 Å².